The highest BCUT2D eigenvalue weighted by Crippen LogP contribution is 2.33. The number of nitrogens with zero attached hydrogens (tertiary/aromatic N) is 1. The van der Waals surface area contributed by atoms with Crippen LogP contribution in [0.1, 0.15) is 32.0 Å². The number of hydrogen-bond donors (Lipinski definition) is 2. The van der Waals surface area contributed by atoms with Gasteiger partial charge in [-0.3, -0.25) is 9.59 Å². The summed E-state index contributed by atoms with van der Waals surface area (Å²) >= 11 is 6.09. The number of ketones is 1. The molecule has 7 nitrogen and oxygen atoms in total. The number of carbonyl (C=O) groups excluding carboxylic acids is 2. The first-order valence-electron chi connectivity index (χ1n) is 10.1. The lowest BCUT2D eigenvalue weighted by molar-refractivity contribution is 0.102. The van der Waals surface area contributed by atoms with Gasteiger partial charge in [-0.25, -0.2) is 0 Å². The number of nitrogens with two attached hydrogens (primary N) is 1. The van der Waals surface area contributed by atoms with Gasteiger partial charge in [-0.2, -0.15) is 0 Å². The van der Waals surface area contributed by atoms with Crippen molar-refractivity contribution in [2.45, 2.75) is 6.92 Å². The number of ether oxygens (including phenoxy) is 2. The molecule has 0 aliphatic carbocycles. The maximum Gasteiger partial charge on any atom is 0.259 e. The number of pyridine rings is 1. The van der Waals surface area contributed by atoms with E-state index in [1.807, 2.05) is 13.0 Å². The third-order valence-corrected chi connectivity index (χ3v) is 5.65. The molecule has 4 rings (SSSR count). The van der Waals surface area contributed by atoms with E-state index in [0.717, 1.165) is 5.56 Å². The van der Waals surface area contributed by atoms with Gasteiger partial charge in [0.2, 0.25) is 5.78 Å². The zero-order chi connectivity index (χ0) is 23.7. The molecule has 0 saturated carbocycles. The summed E-state index contributed by atoms with van der Waals surface area (Å²) in [6.07, 6.45) is 1.70. The largest absolute Gasteiger partial charge is 0.493 e. The maximum atomic E-state index is 13.5. The Morgan fingerprint density at radius 3 is 2.48 bits per heavy atom. The Labute approximate surface area is 195 Å². The molecular weight excluding hydrogens is 442 g/mol. The van der Waals surface area contributed by atoms with Crippen LogP contribution in [0, 0.1) is 6.92 Å². The number of fused-ring (bicyclic) bond motifs is 1. The second-order valence-corrected chi connectivity index (χ2v) is 7.84. The van der Waals surface area contributed by atoms with Crippen LogP contribution in [0.3, 0.4) is 0 Å². The van der Waals surface area contributed by atoms with Crippen molar-refractivity contribution in [1.82, 2.24) is 4.40 Å². The van der Waals surface area contributed by atoms with E-state index in [9.17, 15) is 9.59 Å². The number of aromatic nitrogens is 1. The lowest BCUT2D eigenvalue weighted by Gasteiger charge is -2.10. The molecule has 1 amide bonds. The summed E-state index contributed by atoms with van der Waals surface area (Å²) in [6, 6.07) is 15.4. The number of hydrogen-bond acceptors (Lipinski definition) is 5. The molecule has 0 spiro atoms. The summed E-state index contributed by atoms with van der Waals surface area (Å²) in [5.74, 6) is 0.122. The fraction of sp³-hybridized carbons (Fsp3) is 0.120. The summed E-state index contributed by atoms with van der Waals surface area (Å²) in [4.78, 5) is 26.8. The third kappa shape index (κ3) is 3.99. The molecule has 0 radical (unpaired) electrons. The predicted octanol–water partition coefficient (Wildman–Crippen LogP) is 4.98. The zero-order valence-electron chi connectivity index (χ0n) is 18.3. The Morgan fingerprint density at radius 1 is 1.00 bits per heavy atom. The van der Waals surface area contributed by atoms with E-state index in [0.29, 0.717) is 33.3 Å². The third-order valence-electron chi connectivity index (χ3n) is 5.42. The van der Waals surface area contributed by atoms with Crippen LogP contribution in [0.2, 0.25) is 5.02 Å². The van der Waals surface area contributed by atoms with E-state index < -0.39 is 5.91 Å². The number of benzene rings is 2. The Hall–Kier alpha value is -3.97. The number of aryl methyl sites for hydroxylation is 1. The molecule has 0 fully saturated rings. The van der Waals surface area contributed by atoms with Gasteiger partial charge in [0.1, 0.15) is 5.69 Å². The van der Waals surface area contributed by atoms with Crippen molar-refractivity contribution >= 4 is 40.2 Å². The van der Waals surface area contributed by atoms with Gasteiger partial charge in [0.25, 0.3) is 5.91 Å². The highest BCUT2D eigenvalue weighted by Gasteiger charge is 2.27. The Bertz CT molecular complexity index is 1390. The monoisotopic (exact) mass is 463 g/mol. The Balaban J connectivity index is 1.82. The van der Waals surface area contributed by atoms with Crippen LogP contribution in [0.5, 0.6) is 11.5 Å². The van der Waals surface area contributed by atoms with E-state index in [-0.39, 0.29) is 22.7 Å². The van der Waals surface area contributed by atoms with E-state index in [4.69, 9.17) is 26.8 Å². The molecule has 33 heavy (non-hydrogen) atoms. The molecule has 0 bridgehead atoms. The Morgan fingerprint density at radius 2 is 1.76 bits per heavy atom. The van der Waals surface area contributed by atoms with E-state index in [1.165, 1.54) is 14.2 Å². The summed E-state index contributed by atoms with van der Waals surface area (Å²) in [7, 11) is 3.01. The lowest BCUT2D eigenvalue weighted by atomic mass is 10.1. The number of rotatable bonds is 6. The summed E-state index contributed by atoms with van der Waals surface area (Å²) in [5.41, 5.74) is 9.16. The second kappa shape index (κ2) is 8.88. The van der Waals surface area contributed by atoms with Crippen molar-refractivity contribution in [2.24, 2.45) is 0 Å². The number of amides is 1. The molecule has 0 saturated heterocycles. The number of nitrogens with one attached hydrogen (secondary N) is 1. The van der Waals surface area contributed by atoms with Crippen LogP contribution >= 0.6 is 11.6 Å². The molecule has 0 aliphatic rings. The SMILES string of the molecule is COc1ccc(C(=O)c2c(N)c(C(=O)Nc3cc(Cl)ccc3C)c3ccccn23)cc1OC. The van der Waals surface area contributed by atoms with Gasteiger partial charge >= 0.3 is 0 Å². The molecule has 0 unspecified atom stereocenters. The summed E-state index contributed by atoms with van der Waals surface area (Å²) < 4.78 is 12.2. The van der Waals surface area contributed by atoms with Crippen LogP contribution in [0.15, 0.2) is 60.8 Å². The molecule has 4 aromatic rings. The number of methoxy groups -OCH3 is 2. The number of carbonyl (C=O) groups is 2. The minimum absolute atomic E-state index is 0.0816. The van der Waals surface area contributed by atoms with E-state index >= 15 is 0 Å². The van der Waals surface area contributed by atoms with Gasteiger partial charge in [-0.15, -0.1) is 0 Å². The van der Waals surface area contributed by atoms with Gasteiger partial charge in [-0.1, -0.05) is 23.7 Å². The normalized spacial score (nSPS) is 10.8. The molecule has 0 aliphatic heterocycles. The molecule has 0 atom stereocenters. The first-order chi connectivity index (χ1) is 15.8. The minimum atomic E-state index is -0.437. The highest BCUT2D eigenvalue weighted by molar-refractivity contribution is 6.31. The van der Waals surface area contributed by atoms with Crippen molar-refractivity contribution in [3.05, 3.63) is 88.2 Å². The minimum Gasteiger partial charge on any atom is -0.493 e. The number of halogens is 1. The Kier molecular flexibility index (Phi) is 5.98. The molecule has 2 heterocycles. The topological polar surface area (TPSA) is 95.1 Å². The fourth-order valence-corrected chi connectivity index (χ4v) is 3.90. The first kappa shape index (κ1) is 22.2. The summed E-state index contributed by atoms with van der Waals surface area (Å²) in [5, 5.41) is 3.36. The van der Waals surface area contributed by atoms with Crippen molar-refractivity contribution in [3.63, 3.8) is 0 Å². The van der Waals surface area contributed by atoms with Gasteiger partial charge in [0.05, 0.1) is 31.0 Å². The second-order valence-electron chi connectivity index (χ2n) is 7.41. The number of anilines is 2. The van der Waals surface area contributed by atoms with Crippen LogP contribution in [0.4, 0.5) is 11.4 Å². The van der Waals surface area contributed by atoms with Gasteiger partial charge < -0.3 is 24.9 Å². The van der Waals surface area contributed by atoms with Crippen LogP contribution < -0.4 is 20.5 Å². The fourth-order valence-electron chi connectivity index (χ4n) is 3.73. The van der Waals surface area contributed by atoms with Crippen LogP contribution in [-0.2, 0) is 0 Å². The van der Waals surface area contributed by atoms with E-state index in [1.54, 1.807) is 59.1 Å². The van der Waals surface area contributed by atoms with Gasteiger partial charge in [0, 0.05) is 22.5 Å². The maximum absolute atomic E-state index is 13.5. The molecule has 2 aromatic carbocycles. The highest BCUT2D eigenvalue weighted by atomic mass is 35.5. The predicted molar refractivity (Wildman–Crippen MR) is 129 cm³/mol. The average Bonchev–Trinajstić information content (AvgIpc) is 3.12. The summed E-state index contributed by atoms with van der Waals surface area (Å²) in [6.45, 7) is 1.86. The molecular formula is C25H22ClN3O4. The smallest absolute Gasteiger partial charge is 0.259 e. The standard InChI is InChI=1S/C25H22ClN3O4/c1-14-7-9-16(26)13-17(14)28-25(31)21-18-6-4-5-11-29(18)23(22(21)27)24(30)15-8-10-19(32-2)20(12-15)33-3/h4-13H,27H2,1-3H3,(H,28,31). The van der Waals surface area contributed by atoms with Crippen LogP contribution in [-0.4, -0.2) is 30.3 Å². The van der Waals surface area contributed by atoms with Crippen molar-refractivity contribution < 1.29 is 19.1 Å². The molecule has 8 heteroatoms. The van der Waals surface area contributed by atoms with Crippen molar-refractivity contribution in [2.75, 3.05) is 25.3 Å². The van der Waals surface area contributed by atoms with Crippen molar-refractivity contribution in [3.8, 4) is 11.5 Å². The number of nitrogen functional groups attached to an aromatic ring is 1. The molecule has 2 aromatic heterocycles. The lowest BCUT2D eigenvalue weighted by Crippen LogP contribution is -2.15. The quantitative estimate of drug-likeness (QED) is 0.393. The first-order valence-corrected chi connectivity index (χ1v) is 10.5. The van der Waals surface area contributed by atoms with E-state index in [2.05, 4.69) is 5.32 Å². The molecule has 3 N–H and O–H groups in total. The average molecular weight is 464 g/mol. The van der Waals surface area contributed by atoms with Gasteiger partial charge in [0.15, 0.2) is 11.5 Å². The molecule has 168 valence electrons. The van der Waals surface area contributed by atoms with Crippen molar-refractivity contribution in [1.29, 1.82) is 0 Å². The zero-order valence-corrected chi connectivity index (χ0v) is 19.1. The van der Waals surface area contributed by atoms with Gasteiger partial charge in [-0.05, 0) is 55.0 Å². The van der Waals surface area contributed by atoms with Crippen LogP contribution in [0.25, 0.3) is 5.52 Å².